The van der Waals surface area contributed by atoms with Gasteiger partial charge in [-0.1, -0.05) is 32.0 Å². The second-order valence-electron chi connectivity index (χ2n) is 8.14. The van der Waals surface area contributed by atoms with Crippen LogP contribution in [0.4, 0.5) is 0 Å². The number of carbonyl (C=O) groups excluding carboxylic acids is 2. The van der Waals surface area contributed by atoms with E-state index in [9.17, 15) is 19.8 Å². The molecule has 0 aliphatic carbocycles. The van der Waals surface area contributed by atoms with E-state index in [-0.39, 0.29) is 22.8 Å². The second-order valence-corrected chi connectivity index (χ2v) is 8.14. The van der Waals surface area contributed by atoms with Gasteiger partial charge >= 0.3 is 0 Å². The smallest absolute Gasteiger partial charge is 0.295 e. The number of phenols is 1. The molecule has 8 heteroatoms. The molecule has 1 fully saturated rings. The number of aliphatic hydroxyl groups is 1. The Morgan fingerprint density at radius 3 is 2.37 bits per heavy atom. The molecule has 2 aromatic rings. The molecule has 0 spiro atoms. The van der Waals surface area contributed by atoms with E-state index >= 15 is 0 Å². The molecule has 0 bridgehead atoms. The van der Waals surface area contributed by atoms with Gasteiger partial charge in [-0.3, -0.25) is 9.59 Å². The number of rotatable bonds is 11. The van der Waals surface area contributed by atoms with Gasteiger partial charge in [-0.05, 0) is 56.8 Å². The summed E-state index contributed by atoms with van der Waals surface area (Å²) in [7, 11) is 0. The molecule has 0 radical (unpaired) electrons. The standard InChI is InChI=1S/C27H34N2O6/c1-5-28(6-2)14-15-29-24(18-12-13-21(30)22(17-18)35-8-4)23(26(32)27(29)33)25(31)19-10-9-11-20(16-19)34-7-3/h9-13,16-17,24,30-31H,5-8,14-15H2,1-4H3/b25-23-. The van der Waals surface area contributed by atoms with Crippen LogP contribution in [0.2, 0.25) is 0 Å². The Morgan fingerprint density at radius 1 is 1.00 bits per heavy atom. The number of phenolic OH excluding ortho intramolecular Hbond substituents is 1. The van der Waals surface area contributed by atoms with Crippen molar-refractivity contribution in [2.45, 2.75) is 33.7 Å². The van der Waals surface area contributed by atoms with Crippen molar-refractivity contribution in [2.75, 3.05) is 39.4 Å². The summed E-state index contributed by atoms with van der Waals surface area (Å²) in [6.45, 7) is 11.0. The van der Waals surface area contributed by atoms with Crippen LogP contribution in [0.5, 0.6) is 17.2 Å². The highest BCUT2D eigenvalue weighted by Crippen LogP contribution is 2.42. The molecule has 3 rings (SSSR count). The summed E-state index contributed by atoms with van der Waals surface area (Å²) in [6.07, 6.45) is 0. The molecular formula is C27H34N2O6. The summed E-state index contributed by atoms with van der Waals surface area (Å²) in [4.78, 5) is 30.1. The molecule has 1 atom stereocenters. The molecule has 0 aromatic heterocycles. The predicted molar refractivity (Wildman–Crippen MR) is 134 cm³/mol. The number of carbonyl (C=O) groups is 2. The van der Waals surface area contributed by atoms with Crippen LogP contribution >= 0.6 is 0 Å². The van der Waals surface area contributed by atoms with Gasteiger partial charge in [0.2, 0.25) is 0 Å². The number of ether oxygens (including phenoxy) is 2. The Morgan fingerprint density at radius 2 is 1.71 bits per heavy atom. The third kappa shape index (κ3) is 5.59. The number of likely N-dealkylation sites (tertiary alicyclic amines) is 1. The van der Waals surface area contributed by atoms with E-state index < -0.39 is 17.7 Å². The zero-order chi connectivity index (χ0) is 25.5. The molecule has 1 amide bonds. The summed E-state index contributed by atoms with van der Waals surface area (Å²) in [5, 5.41) is 21.5. The fourth-order valence-electron chi connectivity index (χ4n) is 4.27. The fourth-order valence-corrected chi connectivity index (χ4v) is 4.27. The van der Waals surface area contributed by atoms with Gasteiger partial charge in [-0.25, -0.2) is 0 Å². The van der Waals surface area contributed by atoms with Gasteiger partial charge < -0.3 is 29.5 Å². The average Bonchev–Trinajstić information content (AvgIpc) is 3.11. The van der Waals surface area contributed by atoms with Gasteiger partial charge in [0, 0.05) is 18.7 Å². The van der Waals surface area contributed by atoms with Crippen molar-refractivity contribution in [3.63, 3.8) is 0 Å². The minimum Gasteiger partial charge on any atom is -0.507 e. The zero-order valence-electron chi connectivity index (χ0n) is 20.8. The average molecular weight is 483 g/mol. The molecule has 1 aliphatic heterocycles. The summed E-state index contributed by atoms with van der Waals surface area (Å²) in [5.74, 6) is -0.938. The van der Waals surface area contributed by atoms with Crippen LogP contribution in [0.3, 0.4) is 0 Å². The minimum atomic E-state index is -0.832. The van der Waals surface area contributed by atoms with Gasteiger partial charge in [-0.15, -0.1) is 0 Å². The number of nitrogens with zero attached hydrogens (tertiary/aromatic N) is 2. The SMILES string of the molecule is CCOc1cccc(/C(O)=C2/C(=O)C(=O)N(CCN(CC)CC)C2c2ccc(O)c(OCC)c2)c1. The summed E-state index contributed by atoms with van der Waals surface area (Å²) >= 11 is 0. The third-order valence-electron chi connectivity index (χ3n) is 6.11. The second kappa shape index (κ2) is 11.8. The topological polar surface area (TPSA) is 99.5 Å². The van der Waals surface area contributed by atoms with Crippen LogP contribution in [-0.2, 0) is 9.59 Å². The van der Waals surface area contributed by atoms with Gasteiger partial charge in [-0.2, -0.15) is 0 Å². The lowest BCUT2D eigenvalue weighted by atomic mass is 9.95. The van der Waals surface area contributed by atoms with Crippen molar-refractivity contribution >= 4 is 17.4 Å². The molecule has 2 aromatic carbocycles. The van der Waals surface area contributed by atoms with Gasteiger partial charge in [0.25, 0.3) is 11.7 Å². The normalized spacial score (nSPS) is 17.3. The maximum atomic E-state index is 13.3. The Hall–Kier alpha value is -3.52. The molecule has 2 N–H and O–H groups in total. The number of aromatic hydroxyl groups is 1. The number of hydrogen-bond acceptors (Lipinski definition) is 7. The van der Waals surface area contributed by atoms with E-state index in [1.165, 1.54) is 11.0 Å². The van der Waals surface area contributed by atoms with Crippen LogP contribution < -0.4 is 9.47 Å². The van der Waals surface area contributed by atoms with Gasteiger partial charge in [0.15, 0.2) is 11.5 Å². The highest BCUT2D eigenvalue weighted by molar-refractivity contribution is 6.46. The van der Waals surface area contributed by atoms with Crippen LogP contribution in [0.15, 0.2) is 48.0 Å². The van der Waals surface area contributed by atoms with Crippen LogP contribution in [0.25, 0.3) is 5.76 Å². The maximum Gasteiger partial charge on any atom is 0.295 e. The quantitative estimate of drug-likeness (QED) is 0.284. The number of Topliss-reactive ketones (excluding diaryl/α,β-unsaturated/α-hetero) is 1. The van der Waals surface area contributed by atoms with Gasteiger partial charge in [0.05, 0.1) is 24.8 Å². The van der Waals surface area contributed by atoms with E-state index in [2.05, 4.69) is 4.90 Å². The molecule has 1 unspecified atom stereocenters. The van der Waals surface area contributed by atoms with E-state index in [1.807, 2.05) is 20.8 Å². The molecule has 0 saturated carbocycles. The summed E-state index contributed by atoms with van der Waals surface area (Å²) in [5.41, 5.74) is 0.940. The highest BCUT2D eigenvalue weighted by atomic mass is 16.5. The van der Waals surface area contributed by atoms with Crippen molar-refractivity contribution in [1.29, 1.82) is 0 Å². The number of hydrogen-bond donors (Lipinski definition) is 2. The molecule has 1 saturated heterocycles. The van der Waals surface area contributed by atoms with Crippen molar-refractivity contribution in [3.8, 4) is 17.2 Å². The number of ketones is 1. The van der Waals surface area contributed by atoms with Crippen molar-refractivity contribution in [3.05, 3.63) is 59.2 Å². The number of likely N-dealkylation sites (N-methyl/N-ethyl adjacent to an activating group) is 1. The first-order valence-electron chi connectivity index (χ1n) is 12.1. The van der Waals surface area contributed by atoms with E-state index in [4.69, 9.17) is 9.47 Å². The highest BCUT2D eigenvalue weighted by Gasteiger charge is 2.46. The van der Waals surface area contributed by atoms with Gasteiger partial charge in [0.1, 0.15) is 11.5 Å². The molecule has 8 nitrogen and oxygen atoms in total. The third-order valence-corrected chi connectivity index (χ3v) is 6.11. The lowest BCUT2D eigenvalue weighted by molar-refractivity contribution is -0.140. The van der Waals surface area contributed by atoms with E-state index in [0.29, 0.717) is 43.2 Å². The largest absolute Gasteiger partial charge is 0.507 e. The Kier molecular flexibility index (Phi) is 8.76. The summed E-state index contributed by atoms with van der Waals surface area (Å²) < 4.78 is 11.1. The van der Waals surface area contributed by atoms with Crippen molar-refractivity contribution < 1.29 is 29.3 Å². The molecule has 1 aliphatic rings. The maximum absolute atomic E-state index is 13.3. The molecule has 1 heterocycles. The number of aliphatic hydroxyl groups excluding tert-OH is 1. The molecule has 188 valence electrons. The molecular weight excluding hydrogens is 448 g/mol. The molecule has 35 heavy (non-hydrogen) atoms. The van der Waals surface area contributed by atoms with Crippen LogP contribution in [0.1, 0.15) is 44.9 Å². The predicted octanol–water partition coefficient (Wildman–Crippen LogP) is 3.95. The van der Waals surface area contributed by atoms with E-state index in [1.54, 1.807) is 43.3 Å². The van der Waals surface area contributed by atoms with Crippen molar-refractivity contribution in [1.82, 2.24) is 9.80 Å². The summed E-state index contributed by atoms with van der Waals surface area (Å²) in [6, 6.07) is 10.7. The first kappa shape index (κ1) is 26.1. The number of amides is 1. The van der Waals surface area contributed by atoms with E-state index in [0.717, 1.165) is 13.1 Å². The lowest BCUT2D eigenvalue weighted by Gasteiger charge is -2.28. The Labute approximate surface area is 206 Å². The first-order valence-corrected chi connectivity index (χ1v) is 12.1. The monoisotopic (exact) mass is 482 g/mol. The fraction of sp³-hybridized carbons (Fsp3) is 0.407. The lowest BCUT2D eigenvalue weighted by Crippen LogP contribution is -2.38. The van der Waals surface area contributed by atoms with Crippen molar-refractivity contribution in [2.24, 2.45) is 0 Å². The van der Waals surface area contributed by atoms with Crippen LogP contribution in [0, 0.1) is 0 Å². The number of benzene rings is 2. The van der Waals surface area contributed by atoms with Crippen LogP contribution in [-0.4, -0.2) is 71.1 Å². The zero-order valence-corrected chi connectivity index (χ0v) is 20.8. The first-order chi connectivity index (χ1) is 16.9. The Balaban J connectivity index is 2.14. The minimum absolute atomic E-state index is 0.00339. The Bertz CT molecular complexity index is 1090.